The minimum absolute atomic E-state index is 0.143. The van der Waals surface area contributed by atoms with Crippen molar-refractivity contribution in [1.29, 1.82) is 0 Å². The summed E-state index contributed by atoms with van der Waals surface area (Å²) in [4.78, 5) is 27.6. The molecule has 0 radical (unpaired) electrons. The number of hydrogen-bond donors (Lipinski definition) is 1. The van der Waals surface area contributed by atoms with Crippen LogP contribution in [-0.4, -0.2) is 42.5 Å². The van der Waals surface area contributed by atoms with Gasteiger partial charge in [-0.3, -0.25) is 9.59 Å². The molecular formula is C18H21N3O4S2. The number of rotatable bonds is 7. The molecule has 1 aromatic heterocycles. The lowest BCUT2D eigenvalue weighted by atomic mass is 10.1. The molecule has 144 valence electrons. The molecule has 0 unspecified atom stereocenters. The molecule has 1 N–H and O–H groups in total. The lowest BCUT2D eigenvalue weighted by Crippen LogP contribution is -2.27. The Morgan fingerprint density at radius 3 is 2.44 bits per heavy atom. The summed E-state index contributed by atoms with van der Waals surface area (Å²) in [6.07, 6.45) is 2.53. The highest BCUT2D eigenvalue weighted by atomic mass is 32.2. The molecule has 7 nitrogen and oxygen atoms in total. The van der Waals surface area contributed by atoms with Gasteiger partial charge >= 0.3 is 0 Å². The van der Waals surface area contributed by atoms with Crippen molar-refractivity contribution in [2.45, 2.75) is 37.5 Å². The zero-order chi connectivity index (χ0) is 19.4. The number of Topliss-reactive ketones (excluding diaryl/α,β-unsaturated/α-hetero) is 1. The minimum atomic E-state index is -3.41. The molecule has 3 rings (SSSR count). The Bertz CT molecular complexity index is 930. The predicted molar refractivity (Wildman–Crippen MR) is 104 cm³/mol. The molecule has 9 heteroatoms. The fourth-order valence-corrected chi connectivity index (χ4v) is 5.12. The van der Waals surface area contributed by atoms with Gasteiger partial charge in [-0.15, -0.1) is 11.3 Å². The van der Waals surface area contributed by atoms with E-state index in [0.717, 1.165) is 18.4 Å². The second kappa shape index (κ2) is 8.28. The number of carbonyl (C=O) groups excluding carboxylic acids is 2. The van der Waals surface area contributed by atoms with Gasteiger partial charge in [-0.05, 0) is 37.0 Å². The number of thiazole rings is 1. The molecule has 0 aliphatic carbocycles. The number of amides is 1. The van der Waals surface area contributed by atoms with Crippen molar-refractivity contribution in [1.82, 2.24) is 9.29 Å². The summed E-state index contributed by atoms with van der Waals surface area (Å²) in [6.45, 7) is 2.58. The average molecular weight is 408 g/mol. The van der Waals surface area contributed by atoms with Gasteiger partial charge < -0.3 is 5.32 Å². The summed E-state index contributed by atoms with van der Waals surface area (Å²) in [7, 11) is -3.41. The maximum Gasteiger partial charge on any atom is 0.243 e. The third-order valence-corrected chi connectivity index (χ3v) is 7.05. The Morgan fingerprint density at radius 1 is 1.19 bits per heavy atom. The van der Waals surface area contributed by atoms with Crippen LogP contribution in [0.3, 0.4) is 0 Å². The first kappa shape index (κ1) is 19.7. The lowest BCUT2D eigenvalue weighted by Gasteiger charge is -2.15. The van der Waals surface area contributed by atoms with Gasteiger partial charge in [0, 0.05) is 31.8 Å². The molecule has 27 heavy (non-hydrogen) atoms. The van der Waals surface area contributed by atoms with Crippen LogP contribution in [0.1, 0.15) is 42.2 Å². The first-order valence-electron chi connectivity index (χ1n) is 8.71. The first-order valence-corrected chi connectivity index (χ1v) is 11.0. The van der Waals surface area contributed by atoms with Crippen LogP contribution < -0.4 is 5.32 Å². The van der Waals surface area contributed by atoms with E-state index >= 15 is 0 Å². The summed E-state index contributed by atoms with van der Waals surface area (Å²) in [5.41, 5.74) is 1.22. The maximum absolute atomic E-state index is 12.5. The van der Waals surface area contributed by atoms with Crippen molar-refractivity contribution in [3.63, 3.8) is 0 Å². The molecule has 1 aromatic carbocycles. The molecule has 1 amide bonds. The second-order valence-electron chi connectivity index (χ2n) is 6.40. The number of sulfonamides is 1. The van der Waals surface area contributed by atoms with Gasteiger partial charge in [-0.2, -0.15) is 4.31 Å². The Balaban J connectivity index is 1.55. The van der Waals surface area contributed by atoms with E-state index in [9.17, 15) is 18.0 Å². The highest BCUT2D eigenvalue weighted by molar-refractivity contribution is 7.89. The number of ketones is 1. The van der Waals surface area contributed by atoms with Gasteiger partial charge in [-0.1, -0.05) is 12.1 Å². The van der Waals surface area contributed by atoms with Crippen LogP contribution in [-0.2, 0) is 21.2 Å². The van der Waals surface area contributed by atoms with Crippen LogP contribution in [0.4, 0.5) is 5.13 Å². The van der Waals surface area contributed by atoms with Crippen LogP contribution >= 0.6 is 11.3 Å². The summed E-state index contributed by atoms with van der Waals surface area (Å²) >= 11 is 1.21. The summed E-state index contributed by atoms with van der Waals surface area (Å²) in [5, 5.41) is 4.68. The summed E-state index contributed by atoms with van der Waals surface area (Å²) in [6, 6.07) is 6.68. The Kier molecular flexibility index (Phi) is 6.03. The third kappa shape index (κ3) is 4.79. The number of benzene rings is 1. The molecule has 1 aliphatic heterocycles. The van der Waals surface area contributed by atoms with Gasteiger partial charge in [0.15, 0.2) is 10.9 Å². The van der Waals surface area contributed by atoms with Crippen LogP contribution in [0.15, 0.2) is 34.5 Å². The fourth-order valence-electron chi connectivity index (χ4n) is 2.84. The molecule has 0 saturated carbocycles. The molecule has 2 aromatic rings. The largest absolute Gasteiger partial charge is 0.302 e. The molecule has 1 aliphatic rings. The molecular weight excluding hydrogens is 386 g/mol. The lowest BCUT2D eigenvalue weighted by molar-refractivity contribution is -0.116. The Hall–Kier alpha value is -2.10. The molecule has 0 bridgehead atoms. The quantitative estimate of drug-likeness (QED) is 0.712. The number of aryl methyl sites for hydroxylation is 1. The molecule has 1 saturated heterocycles. The number of nitrogens with zero attached hydrogens (tertiary/aromatic N) is 2. The van der Waals surface area contributed by atoms with Crippen LogP contribution in [0.2, 0.25) is 0 Å². The van der Waals surface area contributed by atoms with Gasteiger partial charge in [0.25, 0.3) is 0 Å². The van der Waals surface area contributed by atoms with E-state index in [1.807, 2.05) is 0 Å². The topological polar surface area (TPSA) is 96.4 Å². The Labute approximate surface area is 162 Å². The second-order valence-corrected chi connectivity index (χ2v) is 9.19. The van der Waals surface area contributed by atoms with E-state index in [1.54, 1.807) is 29.6 Å². The van der Waals surface area contributed by atoms with Gasteiger partial charge in [0.2, 0.25) is 15.9 Å². The van der Waals surface area contributed by atoms with Crippen LogP contribution in [0.25, 0.3) is 0 Å². The zero-order valence-electron chi connectivity index (χ0n) is 15.0. The summed E-state index contributed by atoms with van der Waals surface area (Å²) < 4.78 is 26.5. The van der Waals surface area contributed by atoms with Crippen molar-refractivity contribution in [2.24, 2.45) is 0 Å². The van der Waals surface area contributed by atoms with Crippen LogP contribution in [0, 0.1) is 0 Å². The zero-order valence-corrected chi connectivity index (χ0v) is 16.6. The fraction of sp³-hybridized carbons (Fsp3) is 0.389. The van der Waals surface area contributed by atoms with Crippen molar-refractivity contribution in [3.8, 4) is 0 Å². The van der Waals surface area contributed by atoms with E-state index in [2.05, 4.69) is 10.3 Å². The third-order valence-electron chi connectivity index (χ3n) is 4.38. The van der Waals surface area contributed by atoms with Crippen molar-refractivity contribution in [3.05, 3.63) is 40.9 Å². The van der Waals surface area contributed by atoms with E-state index in [-0.39, 0.29) is 23.0 Å². The highest BCUT2D eigenvalue weighted by Crippen LogP contribution is 2.21. The number of anilines is 1. The van der Waals surface area contributed by atoms with E-state index < -0.39 is 10.0 Å². The molecule has 2 heterocycles. The molecule has 1 fully saturated rings. The number of hydrogen-bond acceptors (Lipinski definition) is 6. The number of aromatic nitrogens is 1. The molecule has 0 spiro atoms. The predicted octanol–water partition coefficient (Wildman–Crippen LogP) is 2.70. The summed E-state index contributed by atoms with van der Waals surface area (Å²) in [5.74, 6) is -0.344. The van der Waals surface area contributed by atoms with E-state index in [1.165, 1.54) is 22.6 Å². The first-order chi connectivity index (χ1) is 12.9. The number of nitrogens with one attached hydrogen (secondary N) is 1. The van der Waals surface area contributed by atoms with Crippen molar-refractivity contribution >= 4 is 38.2 Å². The minimum Gasteiger partial charge on any atom is -0.302 e. The number of carbonyl (C=O) groups is 2. The highest BCUT2D eigenvalue weighted by Gasteiger charge is 2.26. The molecule has 0 atom stereocenters. The normalized spacial score (nSPS) is 15.0. The van der Waals surface area contributed by atoms with Gasteiger partial charge in [0.1, 0.15) is 5.69 Å². The smallest absolute Gasteiger partial charge is 0.243 e. The standard InChI is InChI=1S/C18H21N3O4S2/c1-13(22)16-12-26-18(19-16)20-17(23)9-6-14-4-7-15(8-5-14)27(24,25)21-10-2-3-11-21/h4-5,7-8,12H,2-3,6,9-11H2,1H3,(H,19,20,23). The Morgan fingerprint density at radius 2 is 1.85 bits per heavy atom. The van der Waals surface area contributed by atoms with E-state index in [4.69, 9.17) is 0 Å². The van der Waals surface area contributed by atoms with E-state index in [0.29, 0.717) is 30.3 Å². The van der Waals surface area contributed by atoms with Crippen LogP contribution in [0.5, 0.6) is 0 Å². The van der Waals surface area contributed by atoms with Crippen molar-refractivity contribution < 1.29 is 18.0 Å². The van der Waals surface area contributed by atoms with Gasteiger partial charge in [0.05, 0.1) is 4.90 Å². The monoisotopic (exact) mass is 407 g/mol. The van der Waals surface area contributed by atoms with Gasteiger partial charge in [-0.25, -0.2) is 13.4 Å². The average Bonchev–Trinajstić information content (AvgIpc) is 3.32. The van der Waals surface area contributed by atoms with Crippen molar-refractivity contribution in [2.75, 3.05) is 18.4 Å². The maximum atomic E-state index is 12.5. The SMILES string of the molecule is CC(=O)c1csc(NC(=O)CCc2ccc(S(=O)(=O)N3CCCC3)cc2)n1.